The number of amides is 1. The molecule has 0 saturated carbocycles. The number of hydrogen-bond acceptors (Lipinski definition) is 3. The Balaban J connectivity index is 2.95. The van der Waals surface area contributed by atoms with E-state index in [1.165, 1.54) is 4.90 Å². The van der Waals surface area contributed by atoms with Crippen LogP contribution in [0.15, 0.2) is 12.1 Å². The Morgan fingerprint density at radius 3 is 2.32 bits per heavy atom. The van der Waals surface area contributed by atoms with Crippen LogP contribution in [0.25, 0.3) is 0 Å². The van der Waals surface area contributed by atoms with Crippen molar-refractivity contribution in [2.75, 3.05) is 23.7 Å². The van der Waals surface area contributed by atoms with Crippen molar-refractivity contribution in [3.8, 4) is 0 Å². The predicted octanol–water partition coefficient (Wildman–Crippen LogP) is 1.90. The molecule has 0 aliphatic carbocycles. The van der Waals surface area contributed by atoms with E-state index in [4.69, 9.17) is 5.73 Å². The zero-order valence-electron chi connectivity index (χ0n) is 11.3. The lowest BCUT2D eigenvalue weighted by Gasteiger charge is -2.24. The first-order valence-corrected chi connectivity index (χ1v) is 6.14. The maximum atomic E-state index is 13.8. The van der Waals surface area contributed by atoms with Crippen molar-refractivity contribution < 1.29 is 13.6 Å². The third kappa shape index (κ3) is 4.08. The molecule has 4 nitrogen and oxygen atoms in total. The Morgan fingerprint density at radius 1 is 1.37 bits per heavy atom. The van der Waals surface area contributed by atoms with Gasteiger partial charge in [-0.05, 0) is 32.9 Å². The van der Waals surface area contributed by atoms with E-state index in [-0.39, 0.29) is 29.9 Å². The number of nitrogens with one attached hydrogen (secondary N) is 1. The van der Waals surface area contributed by atoms with Crippen LogP contribution in [0.5, 0.6) is 0 Å². The standard InChI is InChI=1S/C13H19F2N3O/c1-4-18(7-12(19)17-8(2)3)13-10(14)5-9(16)6-11(13)15/h5-6,8H,4,7,16H2,1-3H3,(H,17,19). The smallest absolute Gasteiger partial charge is 0.239 e. The van der Waals surface area contributed by atoms with E-state index < -0.39 is 11.6 Å². The molecule has 1 aromatic rings. The van der Waals surface area contributed by atoms with Gasteiger partial charge in [0.05, 0.1) is 6.54 Å². The number of rotatable bonds is 5. The summed E-state index contributed by atoms with van der Waals surface area (Å²) in [6, 6.07) is 2.07. The van der Waals surface area contributed by atoms with Crippen molar-refractivity contribution >= 4 is 17.3 Å². The summed E-state index contributed by atoms with van der Waals surface area (Å²) in [7, 11) is 0. The Hall–Kier alpha value is -1.85. The number of benzene rings is 1. The quantitative estimate of drug-likeness (QED) is 0.804. The summed E-state index contributed by atoms with van der Waals surface area (Å²) >= 11 is 0. The lowest BCUT2D eigenvalue weighted by Crippen LogP contribution is -2.40. The maximum Gasteiger partial charge on any atom is 0.239 e. The third-order valence-electron chi connectivity index (χ3n) is 2.52. The van der Waals surface area contributed by atoms with E-state index in [2.05, 4.69) is 5.32 Å². The van der Waals surface area contributed by atoms with Crippen molar-refractivity contribution in [1.82, 2.24) is 5.32 Å². The maximum absolute atomic E-state index is 13.8. The Bertz CT molecular complexity index is 440. The first kappa shape index (κ1) is 15.2. The lowest BCUT2D eigenvalue weighted by atomic mass is 10.2. The number of carbonyl (C=O) groups excluding carboxylic acids is 1. The second kappa shape index (κ2) is 6.36. The van der Waals surface area contributed by atoms with Crippen molar-refractivity contribution in [2.45, 2.75) is 26.8 Å². The largest absolute Gasteiger partial charge is 0.399 e. The number of nitrogens with zero attached hydrogens (tertiary/aromatic N) is 1. The highest BCUT2D eigenvalue weighted by Crippen LogP contribution is 2.25. The average molecular weight is 271 g/mol. The molecule has 0 radical (unpaired) electrons. The minimum absolute atomic E-state index is 0.0152. The molecule has 19 heavy (non-hydrogen) atoms. The minimum Gasteiger partial charge on any atom is -0.399 e. The van der Waals surface area contributed by atoms with Crippen LogP contribution in [0, 0.1) is 11.6 Å². The minimum atomic E-state index is -0.767. The van der Waals surface area contributed by atoms with Gasteiger partial charge < -0.3 is 16.0 Å². The summed E-state index contributed by atoms with van der Waals surface area (Å²) in [5.41, 5.74) is 5.15. The molecule has 1 rings (SSSR count). The van der Waals surface area contributed by atoms with Gasteiger partial charge in [-0.3, -0.25) is 4.79 Å². The molecule has 1 aromatic carbocycles. The molecular formula is C13H19F2N3O. The lowest BCUT2D eigenvalue weighted by molar-refractivity contribution is -0.120. The van der Waals surface area contributed by atoms with Gasteiger partial charge >= 0.3 is 0 Å². The number of nitrogen functional groups attached to an aromatic ring is 1. The molecule has 0 unspecified atom stereocenters. The number of nitrogens with two attached hydrogens (primary N) is 1. The van der Waals surface area contributed by atoms with Crippen LogP contribution in [0.2, 0.25) is 0 Å². The zero-order valence-corrected chi connectivity index (χ0v) is 11.3. The Kier molecular flexibility index (Phi) is 5.09. The van der Waals surface area contributed by atoms with E-state index in [0.717, 1.165) is 12.1 Å². The molecule has 0 bridgehead atoms. The van der Waals surface area contributed by atoms with E-state index in [9.17, 15) is 13.6 Å². The van der Waals surface area contributed by atoms with Crippen molar-refractivity contribution in [1.29, 1.82) is 0 Å². The van der Waals surface area contributed by atoms with Crippen LogP contribution in [0.3, 0.4) is 0 Å². The Labute approximate surface area is 111 Å². The summed E-state index contributed by atoms with van der Waals surface area (Å²) in [4.78, 5) is 13.0. The molecule has 0 aliphatic rings. The summed E-state index contributed by atoms with van der Waals surface area (Å²) in [6.07, 6.45) is 0. The van der Waals surface area contributed by atoms with Crippen LogP contribution >= 0.6 is 0 Å². The molecule has 106 valence electrons. The van der Waals surface area contributed by atoms with Gasteiger partial charge in [-0.25, -0.2) is 8.78 Å². The van der Waals surface area contributed by atoms with Gasteiger partial charge in [0.15, 0.2) is 11.6 Å². The van der Waals surface area contributed by atoms with Crippen LogP contribution in [0.4, 0.5) is 20.2 Å². The van der Waals surface area contributed by atoms with Gasteiger partial charge in [0.1, 0.15) is 5.69 Å². The summed E-state index contributed by atoms with van der Waals surface area (Å²) in [5, 5.41) is 2.68. The van der Waals surface area contributed by atoms with Crippen molar-refractivity contribution in [3.05, 3.63) is 23.8 Å². The van der Waals surface area contributed by atoms with Crippen LogP contribution in [0.1, 0.15) is 20.8 Å². The fraction of sp³-hybridized carbons (Fsp3) is 0.462. The van der Waals surface area contributed by atoms with E-state index in [1.807, 2.05) is 13.8 Å². The highest BCUT2D eigenvalue weighted by molar-refractivity contribution is 5.81. The predicted molar refractivity (Wildman–Crippen MR) is 71.9 cm³/mol. The van der Waals surface area contributed by atoms with Crippen molar-refractivity contribution in [3.63, 3.8) is 0 Å². The van der Waals surface area contributed by atoms with E-state index >= 15 is 0 Å². The van der Waals surface area contributed by atoms with E-state index in [0.29, 0.717) is 6.54 Å². The number of hydrogen-bond donors (Lipinski definition) is 2. The summed E-state index contributed by atoms with van der Waals surface area (Å²) in [6.45, 7) is 5.56. The van der Waals surface area contributed by atoms with Crippen LogP contribution in [-0.4, -0.2) is 25.0 Å². The fourth-order valence-electron chi connectivity index (χ4n) is 1.78. The highest BCUT2D eigenvalue weighted by atomic mass is 19.1. The van der Waals surface area contributed by atoms with Crippen molar-refractivity contribution in [2.24, 2.45) is 0 Å². The third-order valence-corrected chi connectivity index (χ3v) is 2.52. The first-order valence-electron chi connectivity index (χ1n) is 6.14. The molecule has 0 spiro atoms. The highest BCUT2D eigenvalue weighted by Gasteiger charge is 2.19. The topological polar surface area (TPSA) is 58.4 Å². The van der Waals surface area contributed by atoms with Gasteiger partial charge in [0.25, 0.3) is 0 Å². The molecule has 0 saturated heterocycles. The second-order valence-corrected chi connectivity index (χ2v) is 4.57. The molecular weight excluding hydrogens is 252 g/mol. The average Bonchev–Trinajstić information content (AvgIpc) is 2.24. The summed E-state index contributed by atoms with van der Waals surface area (Å²) in [5.74, 6) is -1.82. The molecule has 1 amide bonds. The number of likely N-dealkylation sites (N-methyl/N-ethyl adjacent to an activating group) is 1. The number of carbonyl (C=O) groups is 1. The molecule has 3 N–H and O–H groups in total. The van der Waals surface area contributed by atoms with Gasteiger partial charge in [-0.2, -0.15) is 0 Å². The second-order valence-electron chi connectivity index (χ2n) is 4.57. The molecule has 0 aromatic heterocycles. The number of anilines is 2. The molecule has 0 fully saturated rings. The fourth-order valence-corrected chi connectivity index (χ4v) is 1.78. The zero-order chi connectivity index (χ0) is 14.6. The molecule has 6 heteroatoms. The summed E-state index contributed by atoms with van der Waals surface area (Å²) < 4.78 is 27.5. The first-order chi connectivity index (χ1) is 8.85. The van der Waals surface area contributed by atoms with Crippen LogP contribution < -0.4 is 16.0 Å². The van der Waals surface area contributed by atoms with Gasteiger partial charge in [-0.15, -0.1) is 0 Å². The monoisotopic (exact) mass is 271 g/mol. The Morgan fingerprint density at radius 2 is 1.89 bits per heavy atom. The van der Waals surface area contributed by atoms with Gasteiger partial charge in [-0.1, -0.05) is 0 Å². The SMILES string of the molecule is CCN(CC(=O)NC(C)C)c1c(F)cc(N)cc1F. The number of halogens is 2. The molecule has 0 atom stereocenters. The van der Waals surface area contributed by atoms with Gasteiger partial charge in [0.2, 0.25) is 5.91 Å². The van der Waals surface area contributed by atoms with Gasteiger partial charge in [0, 0.05) is 18.3 Å². The molecule has 0 aliphatic heterocycles. The van der Waals surface area contributed by atoms with E-state index in [1.54, 1.807) is 6.92 Å². The molecule has 0 heterocycles. The normalized spacial score (nSPS) is 10.6. The van der Waals surface area contributed by atoms with Crippen LogP contribution in [-0.2, 0) is 4.79 Å².